The normalized spacial score (nSPS) is 13.4. The largest absolute Gasteiger partial charge is 0.306 e. The Kier molecular flexibility index (Phi) is 5.37. The van der Waals surface area contributed by atoms with Crippen molar-refractivity contribution in [2.24, 2.45) is 0 Å². The molecule has 2 aromatic rings. The van der Waals surface area contributed by atoms with Crippen molar-refractivity contribution >= 4 is 34.5 Å². The van der Waals surface area contributed by atoms with Gasteiger partial charge in [0.25, 0.3) is 0 Å². The molecule has 1 aromatic heterocycles. The van der Waals surface area contributed by atoms with Crippen molar-refractivity contribution in [1.29, 1.82) is 0 Å². The molecule has 4 heteroatoms. The summed E-state index contributed by atoms with van der Waals surface area (Å²) in [5, 5.41) is 3.49. The highest BCUT2D eigenvalue weighted by Crippen LogP contribution is 2.37. The first-order chi connectivity index (χ1) is 9.82. The Morgan fingerprint density at radius 2 is 1.76 bits per heavy atom. The lowest BCUT2D eigenvalue weighted by Gasteiger charge is -2.22. The summed E-state index contributed by atoms with van der Waals surface area (Å²) in [6, 6.07) is 10.8. The van der Waals surface area contributed by atoms with Crippen LogP contribution in [0.5, 0.6) is 0 Å². The van der Waals surface area contributed by atoms with E-state index in [-0.39, 0.29) is 11.5 Å². The molecule has 0 radical (unpaired) electrons. The third-order valence-corrected chi connectivity index (χ3v) is 5.03. The molecule has 0 spiro atoms. The van der Waals surface area contributed by atoms with Crippen LogP contribution in [-0.4, -0.2) is 6.54 Å². The molecule has 114 valence electrons. The maximum Gasteiger partial charge on any atom is 0.0995 e. The molecule has 0 aliphatic carbocycles. The van der Waals surface area contributed by atoms with E-state index in [9.17, 15) is 0 Å². The summed E-state index contributed by atoms with van der Waals surface area (Å²) in [5.74, 6) is 0. The van der Waals surface area contributed by atoms with Gasteiger partial charge < -0.3 is 5.32 Å². The molecule has 1 aromatic carbocycles. The molecule has 0 amide bonds. The van der Waals surface area contributed by atoms with Crippen LogP contribution in [0.4, 0.5) is 0 Å². The molecule has 1 heterocycles. The Hall–Kier alpha value is -0.540. The molecule has 21 heavy (non-hydrogen) atoms. The molecule has 0 aliphatic rings. The molecule has 1 nitrogen and oxygen atoms in total. The van der Waals surface area contributed by atoms with Gasteiger partial charge in [-0.25, -0.2) is 0 Å². The van der Waals surface area contributed by atoms with E-state index in [1.807, 2.05) is 6.07 Å². The molecule has 0 bridgehead atoms. The van der Waals surface area contributed by atoms with Crippen LogP contribution in [0, 0.1) is 0 Å². The van der Waals surface area contributed by atoms with E-state index in [1.54, 1.807) is 0 Å². The first-order valence-electron chi connectivity index (χ1n) is 7.11. The minimum absolute atomic E-state index is 0.0836. The van der Waals surface area contributed by atoms with Crippen LogP contribution < -0.4 is 5.32 Å². The predicted octanol–water partition coefficient (Wildman–Crippen LogP) is 6.05. The Labute approximate surface area is 141 Å². The molecule has 1 unspecified atom stereocenters. The maximum absolute atomic E-state index is 6.32. The maximum atomic E-state index is 6.32. The second kappa shape index (κ2) is 6.70. The third-order valence-electron chi connectivity index (χ3n) is 3.51. The van der Waals surface area contributed by atoms with Gasteiger partial charge in [0, 0.05) is 5.56 Å². The van der Waals surface area contributed by atoms with E-state index in [0.29, 0.717) is 0 Å². The molecule has 0 saturated carbocycles. The molecule has 1 N–H and O–H groups in total. The van der Waals surface area contributed by atoms with Crippen molar-refractivity contribution in [1.82, 2.24) is 5.32 Å². The minimum Gasteiger partial charge on any atom is -0.306 e. The van der Waals surface area contributed by atoms with Crippen molar-refractivity contribution in [2.45, 2.75) is 39.2 Å². The first-order valence-corrected chi connectivity index (χ1v) is 8.68. The second-order valence-electron chi connectivity index (χ2n) is 6.14. The van der Waals surface area contributed by atoms with Gasteiger partial charge in [0.05, 0.1) is 14.7 Å². The van der Waals surface area contributed by atoms with Crippen molar-refractivity contribution in [2.75, 3.05) is 6.54 Å². The fraction of sp³-hybridized carbons (Fsp3) is 0.412. The van der Waals surface area contributed by atoms with Crippen LogP contribution in [0.2, 0.25) is 8.67 Å². The monoisotopic (exact) mass is 341 g/mol. The van der Waals surface area contributed by atoms with E-state index < -0.39 is 0 Å². The van der Waals surface area contributed by atoms with Gasteiger partial charge in [-0.2, -0.15) is 0 Å². The second-order valence-corrected chi connectivity index (χ2v) is 8.43. The number of benzene rings is 1. The summed E-state index contributed by atoms with van der Waals surface area (Å²) in [6.07, 6.45) is 0. The highest BCUT2D eigenvalue weighted by atomic mass is 35.5. The van der Waals surface area contributed by atoms with Crippen molar-refractivity contribution in [3.63, 3.8) is 0 Å². The first kappa shape index (κ1) is 16.8. The number of halogens is 2. The summed E-state index contributed by atoms with van der Waals surface area (Å²) < 4.78 is 1.48. The van der Waals surface area contributed by atoms with Crippen LogP contribution in [0.15, 0.2) is 30.3 Å². The molecule has 0 saturated heterocycles. The molecule has 0 aliphatic heterocycles. The SMILES string of the molecule is CCNC(c1ccc(C(C)(C)C)cc1)c1cc(Cl)sc1Cl. The highest BCUT2D eigenvalue weighted by molar-refractivity contribution is 7.20. The zero-order valence-corrected chi connectivity index (χ0v) is 15.2. The number of hydrogen-bond acceptors (Lipinski definition) is 2. The van der Waals surface area contributed by atoms with Crippen LogP contribution >= 0.6 is 34.5 Å². The zero-order chi connectivity index (χ0) is 15.6. The van der Waals surface area contributed by atoms with E-state index in [2.05, 4.69) is 57.3 Å². The van der Waals surface area contributed by atoms with E-state index in [0.717, 1.165) is 20.8 Å². The van der Waals surface area contributed by atoms with Crippen LogP contribution in [0.25, 0.3) is 0 Å². The van der Waals surface area contributed by atoms with Crippen LogP contribution in [0.1, 0.15) is 50.4 Å². The summed E-state index contributed by atoms with van der Waals surface area (Å²) in [7, 11) is 0. The van der Waals surface area contributed by atoms with E-state index in [1.165, 1.54) is 22.5 Å². The summed E-state index contributed by atoms with van der Waals surface area (Å²) in [6.45, 7) is 9.63. The van der Waals surface area contributed by atoms with Gasteiger partial charge in [-0.3, -0.25) is 0 Å². The average Bonchev–Trinajstić information content (AvgIpc) is 2.74. The fourth-order valence-electron chi connectivity index (χ4n) is 2.34. The van der Waals surface area contributed by atoms with Crippen LogP contribution in [0.3, 0.4) is 0 Å². The topological polar surface area (TPSA) is 12.0 Å². The summed E-state index contributed by atoms with van der Waals surface area (Å²) in [5.41, 5.74) is 3.75. The number of thiophene rings is 1. The lowest BCUT2D eigenvalue weighted by Crippen LogP contribution is -2.22. The minimum atomic E-state index is 0.0836. The summed E-state index contributed by atoms with van der Waals surface area (Å²) in [4.78, 5) is 0. The number of rotatable bonds is 4. The third kappa shape index (κ3) is 4.01. The van der Waals surface area contributed by atoms with Gasteiger partial charge in [0.15, 0.2) is 0 Å². The van der Waals surface area contributed by atoms with Gasteiger partial charge in [0.1, 0.15) is 0 Å². The average molecular weight is 342 g/mol. The molecule has 0 fully saturated rings. The molecule has 1 atom stereocenters. The number of nitrogens with one attached hydrogen (secondary N) is 1. The highest BCUT2D eigenvalue weighted by Gasteiger charge is 2.20. The van der Waals surface area contributed by atoms with Crippen molar-refractivity contribution < 1.29 is 0 Å². The standard InChI is InChI=1S/C17H21Cl2NS/c1-5-20-15(13-10-14(18)21-16(13)19)11-6-8-12(9-7-11)17(2,3)4/h6-10,15,20H,5H2,1-4H3. The fourth-order valence-corrected chi connectivity index (χ4v) is 3.87. The van der Waals surface area contributed by atoms with Gasteiger partial charge in [-0.1, -0.05) is 75.2 Å². The van der Waals surface area contributed by atoms with E-state index >= 15 is 0 Å². The Morgan fingerprint density at radius 1 is 1.14 bits per heavy atom. The smallest absolute Gasteiger partial charge is 0.0995 e. The van der Waals surface area contributed by atoms with Gasteiger partial charge in [0.2, 0.25) is 0 Å². The van der Waals surface area contributed by atoms with Crippen molar-refractivity contribution in [3.8, 4) is 0 Å². The molecule has 2 rings (SSSR count). The molecular weight excluding hydrogens is 321 g/mol. The summed E-state index contributed by atoms with van der Waals surface area (Å²) >= 11 is 13.8. The van der Waals surface area contributed by atoms with Gasteiger partial charge >= 0.3 is 0 Å². The van der Waals surface area contributed by atoms with E-state index in [4.69, 9.17) is 23.2 Å². The molecular formula is C17H21Cl2NS. The Morgan fingerprint density at radius 3 is 2.19 bits per heavy atom. The quantitative estimate of drug-likeness (QED) is 0.713. The Bertz CT molecular complexity index is 596. The lowest BCUT2D eigenvalue weighted by molar-refractivity contribution is 0.588. The number of hydrogen-bond donors (Lipinski definition) is 1. The zero-order valence-electron chi connectivity index (χ0n) is 12.8. The van der Waals surface area contributed by atoms with Gasteiger partial charge in [-0.15, -0.1) is 11.3 Å². The predicted molar refractivity (Wildman–Crippen MR) is 95.0 cm³/mol. The lowest BCUT2D eigenvalue weighted by atomic mass is 9.86. The van der Waals surface area contributed by atoms with Crippen LogP contribution in [-0.2, 0) is 5.41 Å². The van der Waals surface area contributed by atoms with Gasteiger partial charge in [-0.05, 0) is 29.2 Å². The Balaban J connectivity index is 2.37. The van der Waals surface area contributed by atoms with Crippen molar-refractivity contribution in [3.05, 3.63) is 55.7 Å².